The van der Waals surface area contributed by atoms with Gasteiger partial charge in [0.2, 0.25) is 5.91 Å². The summed E-state index contributed by atoms with van der Waals surface area (Å²) in [4.78, 5) is 31.2. The van der Waals surface area contributed by atoms with Crippen molar-refractivity contribution in [1.82, 2.24) is 14.5 Å². The van der Waals surface area contributed by atoms with Crippen LogP contribution in [0.4, 0.5) is 0 Å². The Hall–Kier alpha value is -2.47. The van der Waals surface area contributed by atoms with Crippen LogP contribution in [0.5, 0.6) is 0 Å². The van der Waals surface area contributed by atoms with E-state index < -0.39 is 11.0 Å². The smallest absolute Gasteiger partial charge is 0.253 e. The number of aromatic nitrogens is 2. The number of carbonyl (C=O) groups is 1. The minimum absolute atomic E-state index is 0.0701. The second-order valence-corrected chi connectivity index (χ2v) is 11.4. The molecule has 1 N–H and O–H groups in total. The first-order valence-electron chi connectivity index (χ1n) is 12.7. The van der Waals surface area contributed by atoms with Gasteiger partial charge in [-0.05, 0) is 24.7 Å². The van der Waals surface area contributed by atoms with E-state index in [4.69, 9.17) is 0 Å². The third-order valence-electron chi connectivity index (χ3n) is 8.05. The van der Waals surface area contributed by atoms with Crippen LogP contribution in [0.15, 0.2) is 47.5 Å². The van der Waals surface area contributed by atoms with Gasteiger partial charge in [-0.15, -0.1) is 0 Å². The predicted octanol–water partition coefficient (Wildman–Crippen LogP) is 4.36. The maximum atomic E-state index is 12.6. The van der Waals surface area contributed by atoms with Crippen LogP contribution < -0.4 is 5.56 Å². The zero-order chi connectivity index (χ0) is 24.5. The molecule has 1 saturated heterocycles. The minimum atomic E-state index is -1.10. The standard InChI is InChI=1S/C22H29N3O3.C6H10/c1-16(2)20(27)24-11-10-22(28,21(3,4)13-24)14-25-15-23-18(12-19(25)26)17-8-6-5-7-9-17;1-2-5-4-6(5)3-1/h5-9,12,15-16,28H,10-11,13-14H2,1-4H3;5-6H,1-4H2. The Bertz CT molecular complexity index is 1050. The van der Waals surface area contributed by atoms with E-state index in [2.05, 4.69) is 4.98 Å². The summed E-state index contributed by atoms with van der Waals surface area (Å²) in [5.74, 6) is 2.45. The van der Waals surface area contributed by atoms with Crippen molar-refractivity contribution >= 4 is 5.91 Å². The van der Waals surface area contributed by atoms with Crippen molar-refractivity contribution in [2.24, 2.45) is 23.2 Å². The maximum Gasteiger partial charge on any atom is 0.253 e. The number of fused-ring (bicyclic) bond motifs is 1. The highest BCUT2D eigenvalue weighted by Crippen LogP contribution is 2.51. The van der Waals surface area contributed by atoms with Crippen molar-refractivity contribution in [3.05, 3.63) is 53.1 Å². The van der Waals surface area contributed by atoms with E-state index in [9.17, 15) is 14.7 Å². The van der Waals surface area contributed by atoms with E-state index in [1.807, 2.05) is 62.9 Å². The van der Waals surface area contributed by atoms with Crippen molar-refractivity contribution in [2.45, 2.75) is 71.9 Å². The summed E-state index contributed by atoms with van der Waals surface area (Å²) in [6.45, 7) is 8.77. The average molecular weight is 466 g/mol. The van der Waals surface area contributed by atoms with Gasteiger partial charge in [0.05, 0.1) is 24.2 Å². The molecule has 1 aromatic heterocycles. The molecule has 3 fully saturated rings. The number of amides is 1. The highest BCUT2D eigenvalue weighted by Gasteiger charge is 2.49. The van der Waals surface area contributed by atoms with Crippen LogP contribution >= 0.6 is 0 Å². The number of rotatable bonds is 4. The third kappa shape index (κ3) is 5.27. The zero-order valence-electron chi connectivity index (χ0n) is 21.0. The number of piperidine rings is 1. The molecule has 34 heavy (non-hydrogen) atoms. The van der Waals surface area contributed by atoms with E-state index in [1.54, 1.807) is 19.3 Å². The summed E-state index contributed by atoms with van der Waals surface area (Å²) in [6, 6.07) is 11.0. The first kappa shape index (κ1) is 24.6. The second kappa shape index (κ2) is 9.65. The third-order valence-corrected chi connectivity index (χ3v) is 8.05. The molecule has 0 bridgehead atoms. The lowest BCUT2D eigenvalue weighted by Crippen LogP contribution is -2.61. The molecule has 3 unspecified atom stereocenters. The van der Waals surface area contributed by atoms with Crippen molar-refractivity contribution < 1.29 is 9.90 Å². The fourth-order valence-electron chi connectivity index (χ4n) is 5.46. The van der Waals surface area contributed by atoms with Gasteiger partial charge < -0.3 is 10.0 Å². The van der Waals surface area contributed by atoms with Gasteiger partial charge in [0, 0.05) is 36.1 Å². The van der Waals surface area contributed by atoms with Crippen molar-refractivity contribution in [3.8, 4) is 11.3 Å². The Morgan fingerprint density at radius 2 is 1.85 bits per heavy atom. The van der Waals surface area contributed by atoms with Gasteiger partial charge in [-0.3, -0.25) is 14.2 Å². The topological polar surface area (TPSA) is 75.4 Å². The van der Waals surface area contributed by atoms with Gasteiger partial charge in [-0.25, -0.2) is 4.98 Å². The van der Waals surface area contributed by atoms with Gasteiger partial charge in [0.15, 0.2) is 0 Å². The number of benzene rings is 1. The quantitative estimate of drug-likeness (QED) is 0.728. The molecule has 3 aliphatic rings. The molecule has 0 radical (unpaired) electrons. The van der Waals surface area contributed by atoms with E-state index >= 15 is 0 Å². The van der Waals surface area contributed by atoms with Crippen LogP contribution in [0.25, 0.3) is 11.3 Å². The summed E-state index contributed by atoms with van der Waals surface area (Å²) >= 11 is 0. The van der Waals surface area contributed by atoms with Crippen molar-refractivity contribution in [2.75, 3.05) is 13.1 Å². The number of aliphatic hydroxyl groups is 1. The maximum absolute atomic E-state index is 12.6. The minimum Gasteiger partial charge on any atom is -0.387 e. The second-order valence-electron chi connectivity index (χ2n) is 11.4. The summed E-state index contributed by atoms with van der Waals surface area (Å²) in [5, 5.41) is 11.4. The fraction of sp³-hybridized carbons (Fsp3) is 0.607. The molecule has 1 aliphatic heterocycles. The first-order valence-corrected chi connectivity index (χ1v) is 12.7. The normalized spacial score (nSPS) is 27.1. The van der Waals surface area contributed by atoms with Gasteiger partial charge in [-0.2, -0.15) is 0 Å². The van der Waals surface area contributed by atoms with Crippen molar-refractivity contribution in [3.63, 3.8) is 0 Å². The van der Waals surface area contributed by atoms with Gasteiger partial charge in [0.1, 0.15) is 0 Å². The highest BCUT2D eigenvalue weighted by molar-refractivity contribution is 5.78. The number of likely N-dealkylation sites (tertiary alicyclic amines) is 1. The van der Waals surface area contributed by atoms with Crippen LogP contribution in [0.3, 0.4) is 0 Å². The summed E-state index contributed by atoms with van der Waals surface area (Å²) in [6.07, 6.45) is 8.17. The molecular weight excluding hydrogens is 426 g/mol. The largest absolute Gasteiger partial charge is 0.387 e. The van der Waals surface area contributed by atoms with Crippen LogP contribution in [0.1, 0.15) is 59.8 Å². The Balaban J connectivity index is 0.000000388. The molecule has 1 aromatic carbocycles. The lowest BCUT2D eigenvalue weighted by atomic mass is 9.69. The Morgan fingerprint density at radius 1 is 1.18 bits per heavy atom. The first-order chi connectivity index (χ1) is 16.1. The number of carbonyl (C=O) groups excluding carboxylic acids is 1. The molecule has 2 saturated carbocycles. The van der Waals surface area contributed by atoms with E-state index in [1.165, 1.54) is 35.2 Å². The summed E-state index contributed by atoms with van der Waals surface area (Å²) in [5.41, 5.74) is -0.344. The lowest BCUT2D eigenvalue weighted by molar-refractivity contribution is -0.156. The summed E-state index contributed by atoms with van der Waals surface area (Å²) < 4.78 is 1.47. The van der Waals surface area contributed by atoms with E-state index in [0.717, 1.165) is 5.56 Å². The molecule has 3 atom stereocenters. The molecular formula is C28H39N3O3. The molecule has 6 nitrogen and oxygen atoms in total. The molecule has 5 rings (SSSR count). The molecule has 1 amide bonds. The molecule has 0 spiro atoms. The zero-order valence-corrected chi connectivity index (χ0v) is 21.0. The highest BCUT2D eigenvalue weighted by atomic mass is 16.3. The average Bonchev–Trinajstić information content (AvgIpc) is 3.41. The predicted molar refractivity (Wildman–Crippen MR) is 134 cm³/mol. The van der Waals surface area contributed by atoms with Crippen LogP contribution in [0.2, 0.25) is 0 Å². The van der Waals surface area contributed by atoms with Crippen LogP contribution in [0, 0.1) is 23.2 Å². The van der Waals surface area contributed by atoms with Crippen LogP contribution in [-0.2, 0) is 11.3 Å². The summed E-state index contributed by atoms with van der Waals surface area (Å²) in [7, 11) is 0. The Morgan fingerprint density at radius 3 is 2.35 bits per heavy atom. The monoisotopic (exact) mass is 465 g/mol. The number of hydrogen-bond acceptors (Lipinski definition) is 4. The van der Waals surface area contributed by atoms with Gasteiger partial charge >= 0.3 is 0 Å². The fourth-order valence-corrected chi connectivity index (χ4v) is 5.46. The van der Waals surface area contributed by atoms with Gasteiger partial charge in [0.25, 0.3) is 5.56 Å². The van der Waals surface area contributed by atoms with Crippen molar-refractivity contribution in [1.29, 1.82) is 0 Å². The molecule has 2 aliphatic carbocycles. The van der Waals surface area contributed by atoms with E-state index in [-0.39, 0.29) is 23.9 Å². The molecule has 2 aromatic rings. The SMILES string of the molecule is C1CC2CC2C1.CC(C)C(=O)N1CCC(O)(Cn2cnc(-c3ccccc3)cc2=O)C(C)(C)C1. The Kier molecular flexibility index (Phi) is 6.99. The van der Waals surface area contributed by atoms with E-state index in [0.29, 0.717) is 25.2 Å². The van der Waals surface area contributed by atoms with Crippen LogP contribution in [-0.4, -0.2) is 44.2 Å². The molecule has 6 heteroatoms. The van der Waals surface area contributed by atoms with Gasteiger partial charge in [-0.1, -0.05) is 77.3 Å². The molecule has 184 valence electrons. The Labute approximate surface area is 203 Å². The number of nitrogens with zero attached hydrogens (tertiary/aromatic N) is 3. The number of hydrogen-bond donors (Lipinski definition) is 1. The molecule has 2 heterocycles. The lowest BCUT2D eigenvalue weighted by Gasteiger charge is -2.50.